The highest BCUT2D eigenvalue weighted by Gasteiger charge is 2.24. The molecule has 2 fully saturated rings. The van der Waals surface area contributed by atoms with E-state index in [9.17, 15) is 5.11 Å². The zero-order valence-corrected chi connectivity index (χ0v) is 16.9. The standard InChI is InChI=1S/C21H30N6O2/c1-29-19-12-16(8-11-23-19)26-21-24-13-18(14-6-9-22-10-7-14)20(27-21)25-15-2-4-17(28)5-3-15/h8,11-15,17,22,28H,2-7,9-10H2,1H3,(H2,23,24,25,26,27). The maximum atomic E-state index is 9.82. The van der Waals surface area contributed by atoms with Crippen molar-refractivity contribution in [3.63, 3.8) is 0 Å². The van der Waals surface area contributed by atoms with E-state index < -0.39 is 0 Å². The lowest BCUT2D eigenvalue weighted by Crippen LogP contribution is -2.30. The van der Waals surface area contributed by atoms with Gasteiger partial charge in [-0.3, -0.25) is 0 Å². The molecule has 2 aromatic rings. The minimum absolute atomic E-state index is 0.166. The van der Waals surface area contributed by atoms with Crippen LogP contribution in [0.15, 0.2) is 24.5 Å². The Kier molecular flexibility index (Phi) is 6.41. The molecule has 0 atom stereocenters. The summed E-state index contributed by atoms with van der Waals surface area (Å²) in [6, 6.07) is 4.02. The number of nitrogens with one attached hydrogen (secondary N) is 3. The van der Waals surface area contributed by atoms with Crippen LogP contribution in [-0.4, -0.2) is 52.4 Å². The molecule has 156 valence electrons. The Labute approximate surface area is 171 Å². The van der Waals surface area contributed by atoms with Crippen LogP contribution < -0.4 is 20.7 Å². The summed E-state index contributed by atoms with van der Waals surface area (Å²) >= 11 is 0. The van der Waals surface area contributed by atoms with Crippen LogP contribution in [0.25, 0.3) is 0 Å². The molecule has 4 N–H and O–H groups in total. The molecule has 4 rings (SSSR count). The number of aliphatic hydroxyl groups is 1. The Balaban J connectivity index is 1.56. The lowest BCUT2D eigenvalue weighted by Gasteiger charge is -2.29. The molecule has 0 radical (unpaired) electrons. The van der Waals surface area contributed by atoms with Crippen LogP contribution in [0.2, 0.25) is 0 Å². The van der Waals surface area contributed by atoms with Gasteiger partial charge in [-0.15, -0.1) is 0 Å². The van der Waals surface area contributed by atoms with Gasteiger partial charge in [0, 0.05) is 35.8 Å². The van der Waals surface area contributed by atoms with E-state index >= 15 is 0 Å². The zero-order valence-electron chi connectivity index (χ0n) is 16.9. The van der Waals surface area contributed by atoms with Gasteiger partial charge >= 0.3 is 0 Å². The highest BCUT2D eigenvalue weighted by Crippen LogP contribution is 2.32. The van der Waals surface area contributed by atoms with E-state index in [2.05, 4.69) is 25.9 Å². The molecular formula is C21H30N6O2. The SMILES string of the molecule is COc1cc(Nc2ncc(C3CCNCC3)c(NC3CCC(O)CC3)n2)ccn1. The fourth-order valence-electron chi connectivity index (χ4n) is 4.14. The number of piperidine rings is 1. The van der Waals surface area contributed by atoms with Crippen molar-refractivity contribution in [1.82, 2.24) is 20.3 Å². The fourth-order valence-corrected chi connectivity index (χ4v) is 4.14. The number of aliphatic hydroxyl groups excluding tert-OH is 1. The first kappa shape index (κ1) is 19.8. The predicted molar refractivity (Wildman–Crippen MR) is 113 cm³/mol. The summed E-state index contributed by atoms with van der Waals surface area (Å²) in [5.74, 6) is 2.47. The van der Waals surface area contributed by atoms with Crippen molar-refractivity contribution in [3.05, 3.63) is 30.1 Å². The molecule has 1 saturated heterocycles. The minimum atomic E-state index is -0.166. The first-order valence-corrected chi connectivity index (χ1v) is 10.5. The maximum absolute atomic E-state index is 9.82. The van der Waals surface area contributed by atoms with Gasteiger partial charge in [0.15, 0.2) is 0 Å². The van der Waals surface area contributed by atoms with E-state index in [1.54, 1.807) is 13.3 Å². The van der Waals surface area contributed by atoms with Gasteiger partial charge in [0.2, 0.25) is 11.8 Å². The van der Waals surface area contributed by atoms with Crippen LogP contribution in [0.1, 0.15) is 50.0 Å². The van der Waals surface area contributed by atoms with Crippen molar-refractivity contribution in [2.75, 3.05) is 30.8 Å². The van der Waals surface area contributed by atoms with Gasteiger partial charge in [0.25, 0.3) is 0 Å². The van der Waals surface area contributed by atoms with Crippen LogP contribution >= 0.6 is 0 Å². The van der Waals surface area contributed by atoms with E-state index in [1.165, 1.54) is 5.56 Å². The molecule has 2 aliphatic rings. The second-order valence-electron chi connectivity index (χ2n) is 7.88. The van der Waals surface area contributed by atoms with Gasteiger partial charge in [-0.25, -0.2) is 9.97 Å². The fraction of sp³-hybridized carbons (Fsp3) is 0.571. The first-order chi connectivity index (χ1) is 14.2. The topological polar surface area (TPSA) is 104 Å². The molecule has 2 aromatic heterocycles. The second kappa shape index (κ2) is 9.37. The van der Waals surface area contributed by atoms with Crippen molar-refractivity contribution >= 4 is 17.5 Å². The summed E-state index contributed by atoms with van der Waals surface area (Å²) in [6.07, 6.45) is 9.27. The number of hydrogen-bond acceptors (Lipinski definition) is 8. The molecule has 0 unspecified atom stereocenters. The highest BCUT2D eigenvalue weighted by molar-refractivity contribution is 5.57. The Bertz CT molecular complexity index is 804. The van der Waals surface area contributed by atoms with Gasteiger partial charge in [-0.05, 0) is 63.6 Å². The van der Waals surface area contributed by atoms with Crippen LogP contribution in [0, 0.1) is 0 Å². The number of ether oxygens (including phenoxy) is 1. The first-order valence-electron chi connectivity index (χ1n) is 10.5. The van der Waals surface area contributed by atoms with E-state index in [0.29, 0.717) is 23.8 Å². The highest BCUT2D eigenvalue weighted by atomic mass is 16.5. The molecule has 1 aliphatic carbocycles. The monoisotopic (exact) mass is 398 g/mol. The van der Waals surface area contributed by atoms with Gasteiger partial charge in [0.05, 0.1) is 13.2 Å². The third kappa shape index (κ3) is 5.13. The molecule has 0 aromatic carbocycles. The third-order valence-corrected chi connectivity index (χ3v) is 5.83. The molecule has 0 spiro atoms. The summed E-state index contributed by atoms with van der Waals surface area (Å²) in [7, 11) is 1.60. The normalized spacial score (nSPS) is 22.8. The third-order valence-electron chi connectivity index (χ3n) is 5.83. The van der Waals surface area contributed by atoms with Crippen molar-refractivity contribution in [3.8, 4) is 5.88 Å². The molecule has 0 bridgehead atoms. The van der Waals surface area contributed by atoms with Crippen LogP contribution in [-0.2, 0) is 0 Å². The van der Waals surface area contributed by atoms with E-state index in [1.807, 2.05) is 18.3 Å². The lowest BCUT2D eigenvalue weighted by atomic mass is 9.90. The number of methoxy groups -OCH3 is 1. The zero-order chi connectivity index (χ0) is 20.1. The van der Waals surface area contributed by atoms with Crippen LogP contribution in [0.5, 0.6) is 5.88 Å². The molecule has 3 heterocycles. The Morgan fingerprint density at radius 3 is 2.66 bits per heavy atom. The van der Waals surface area contributed by atoms with Crippen LogP contribution in [0.4, 0.5) is 17.5 Å². The largest absolute Gasteiger partial charge is 0.481 e. The predicted octanol–water partition coefficient (Wildman–Crippen LogP) is 2.81. The Morgan fingerprint density at radius 2 is 1.90 bits per heavy atom. The Morgan fingerprint density at radius 1 is 1.10 bits per heavy atom. The number of anilines is 3. The minimum Gasteiger partial charge on any atom is -0.481 e. The molecule has 8 nitrogen and oxygen atoms in total. The number of pyridine rings is 1. The molecule has 1 aliphatic heterocycles. The molecule has 29 heavy (non-hydrogen) atoms. The van der Waals surface area contributed by atoms with Gasteiger partial charge < -0.3 is 25.8 Å². The van der Waals surface area contributed by atoms with E-state index in [4.69, 9.17) is 9.72 Å². The number of rotatable bonds is 6. The maximum Gasteiger partial charge on any atom is 0.229 e. The van der Waals surface area contributed by atoms with Crippen LogP contribution in [0.3, 0.4) is 0 Å². The average Bonchev–Trinajstić information content (AvgIpc) is 2.76. The van der Waals surface area contributed by atoms with E-state index in [0.717, 1.165) is 63.1 Å². The van der Waals surface area contributed by atoms with Crippen molar-refractivity contribution in [2.45, 2.75) is 56.6 Å². The number of hydrogen-bond donors (Lipinski definition) is 4. The quantitative estimate of drug-likeness (QED) is 0.589. The lowest BCUT2D eigenvalue weighted by molar-refractivity contribution is 0.126. The van der Waals surface area contributed by atoms with Gasteiger partial charge in [0.1, 0.15) is 5.82 Å². The summed E-state index contributed by atoms with van der Waals surface area (Å²) < 4.78 is 5.19. The second-order valence-corrected chi connectivity index (χ2v) is 7.88. The van der Waals surface area contributed by atoms with Gasteiger partial charge in [-0.2, -0.15) is 4.98 Å². The molecule has 0 amide bonds. The summed E-state index contributed by atoms with van der Waals surface area (Å²) in [5, 5.41) is 20.2. The van der Waals surface area contributed by atoms with Gasteiger partial charge in [-0.1, -0.05) is 0 Å². The molecular weight excluding hydrogens is 368 g/mol. The van der Waals surface area contributed by atoms with E-state index in [-0.39, 0.29) is 6.10 Å². The Hall–Kier alpha value is -2.45. The number of nitrogens with zero attached hydrogens (tertiary/aromatic N) is 3. The summed E-state index contributed by atoms with van der Waals surface area (Å²) in [6.45, 7) is 2.05. The molecule has 1 saturated carbocycles. The smallest absolute Gasteiger partial charge is 0.229 e. The molecule has 8 heteroatoms. The van der Waals surface area contributed by atoms with Crippen molar-refractivity contribution in [1.29, 1.82) is 0 Å². The summed E-state index contributed by atoms with van der Waals surface area (Å²) in [4.78, 5) is 13.6. The van der Waals surface area contributed by atoms with Crippen molar-refractivity contribution in [2.24, 2.45) is 0 Å². The number of aromatic nitrogens is 3. The summed E-state index contributed by atoms with van der Waals surface area (Å²) in [5.41, 5.74) is 2.02. The average molecular weight is 399 g/mol. The van der Waals surface area contributed by atoms with Crippen molar-refractivity contribution < 1.29 is 9.84 Å².